The van der Waals surface area contributed by atoms with Gasteiger partial charge in [0.15, 0.2) is 11.5 Å². The van der Waals surface area contributed by atoms with E-state index in [2.05, 4.69) is 0 Å². The molecule has 4 unspecified atom stereocenters. The van der Waals surface area contributed by atoms with E-state index in [1.165, 1.54) is 18.2 Å². The average molecular weight is 584 g/mol. The monoisotopic (exact) mass is 583 g/mol. The summed E-state index contributed by atoms with van der Waals surface area (Å²) in [6.07, 6.45) is -1.01. The molecule has 12 heteroatoms. The van der Waals surface area contributed by atoms with Crippen molar-refractivity contribution in [3.05, 3.63) is 23.8 Å². The third-order valence-electron chi connectivity index (χ3n) is 5.86. The lowest BCUT2D eigenvalue weighted by Crippen LogP contribution is -2.41. The third kappa shape index (κ3) is 13.1. The summed E-state index contributed by atoms with van der Waals surface area (Å²) in [6, 6.07) is 2.72. The number of carboxylic acids is 1. The molecular weight excluding hydrogens is 538 g/mol. The van der Waals surface area contributed by atoms with Gasteiger partial charge in [0.05, 0.1) is 6.61 Å². The minimum absolute atomic E-state index is 0.150. The fourth-order valence-electron chi connectivity index (χ4n) is 4.01. The van der Waals surface area contributed by atoms with Gasteiger partial charge in [0, 0.05) is 5.92 Å². The molecule has 41 heavy (non-hydrogen) atoms. The number of aliphatic carboxylic acids is 1. The lowest BCUT2D eigenvalue weighted by Gasteiger charge is -2.28. The number of hydrogen-bond acceptors (Lipinski definition) is 11. The number of rotatable bonds is 14. The first kappa shape index (κ1) is 35.5. The van der Waals surface area contributed by atoms with E-state index in [9.17, 15) is 24.3 Å². The number of ether oxygens (including phenoxy) is 6. The second-order valence-electron chi connectivity index (χ2n) is 11.0. The van der Waals surface area contributed by atoms with E-state index in [1.807, 2.05) is 13.8 Å². The molecule has 232 valence electrons. The number of carbonyl (C=O) groups excluding carboxylic acids is 3. The van der Waals surface area contributed by atoms with Crippen LogP contribution in [0.2, 0.25) is 0 Å². The summed E-state index contributed by atoms with van der Waals surface area (Å²) >= 11 is 0. The molecule has 1 aromatic rings. The first-order valence-electron chi connectivity index (χ1n) is 13.8. The van der Waals surface area contributed by atoms with Gasteiger partial charge in [-0.2, -0.15) is 0 Å². The molecule has 0 aliphatic rings. The second-order valence-corrected chi connectivity index (χ2v) is 11.0. The molecule has 12 nitrogen and oxygen atoms in total. The molecule has 0 heterocycles. The van der Waals surface area contributed by atoms with Gasteiger partial charge in [0.1, 0.15) is 23.9 Å². The average Bonchev–Trinajstić information content (AvgIpc) is 2.83. The van der Waals surface area contributed by atoms with Crippen molar-refractivity contribution in [2.75, 3.05) is 6.61 Å². The number of carboxylic acid groups (broad SMARTS) is 1. The van der Waals surface area contributed by atoms with E-state index < -0.39 is 60.1 Å². The Balaban J connectivity index is 3.36. The molecule has 0 aromatic heterocycles. The molecule has 0 saturated heterocycles. The highest BCUT2D eigenvalue weighted by molar-refractivity contribution is 5.75. The first-order valence-corrected chi connectivity index (χ1v) is 13.8. The Bertz CT molecular complexity index is 1020. The highest BCUT2D eigenvalue weighted by Gasteiger charge is 2.33. The number of nitrogens with two attached hydrogens (primary N) is 1. The fourth-order valence-corrected chi connectivity index (χ4v) is 4.01. The van der Waals surface area contributed by atoms with Gasteiger partial charge in [-0.15, -0.1) is 0 Å². The molecule has 0 saturated carbocycles. The zero-order chi connectivity index (χ0) is 31.3. The third-order valence-corrected chi connectivity index (χ3v) is 5.86. The predicted molar refractivity (Wildman–Crippen MR) is 149 cm³/mol. The van der Waals surface area contributed by atoms with Crippen molar-refractivity contribution in [2.24, 2.45) is 11.7 Å². The summed E-state index contributed by atoms with van der Waals surface area (Å²) in [5.74, 6) is -3.20. The Kier molecular flexibility index (Phi) is 14.4. The number of hydrogen-bond donors (Lipinski definition) is 2. The second kappa shape index (κ2) is 16.7. The van der Waals surface area contributed by atoms with Crippen molar-refractivity contribution in [1.29, 1.82) is 0 Å². The van der Waals surface area contributed by atoms with Crippen LogP contribution in [0.5, 0.6) is 11.5 Å². The van der Waals surface area contributed by atoms with Crippen LogP contribution in [-0.2, 0) is 23.7 Å². The molecule has 1 aromatic carbocycles. The van der Waals surface area contributed by atoms with E-state index in [1.54, 1.807) is 41.5 Å². The van der Waals surface area contributed by atoms with Crippen molar-refractivity contribution >= 4 is 24.4 Å². The normalized spacial score (nSPS) is 15.0. The summed E-state index contributed by atoms with van der Waals surface area (Å²) in [5.41, 5.74) is 5.59. The molecule has 0 fully saturated rings. The maximum absolute atomic E-state index is 12.5. The van der Waals surface area contributed by atoms with Crippen molar-refractivity contribution < 1.29 is 52.7 Å². The van der Waals surface area contributed by atoms with Crippen LogP contribution >= 0.6 is 0 Å². The van der Waals surface area contributed by atoms with E-state index in [4.69, 9.17) is 34.2 Å². The quantitative estimate of drug-likeness (QED) is 0.145. The van der Waals surface area contributed by atoms with E-state index in [-0.39, 0.29) is 18.1 Å². The number of carbonyl (C=O) groups is 4. The largest absolute Gasteiger partial charge is 0.514 e. The SMILES string of the molecule is CCCC(C)OC(=O)Oc1ccc(C(C(C)COC(=O)OC(C)(C)C)[C@H](N)C(=O)O)cc1OC(=O)OC(C)CCC. The zero-order valence-corrected chi connectivity index (χ0v) is 25.3. The van der Waals surface area contributed by atoms with E-state index in [0.717, 1.165) is 12.8 Å². The Morgan fingerprint density at radius 2 is 1.37 bits per heavy atom. The lowest BCUT2D eigenvalue weighted by atomic mass is 9.82. The topological polar surface area (TPSA) is 170 Å². The predicted octanol–water partition coefficient (Wildman–Crippen LogP) is 6.18. The van der Waals surface area contributed by atoms with Gasteiger partial charge in [0.2, 0.25) is 0 Å². The van der Waals surface area contributed by atoms with Gasteiger partial charge >= 0.3 is 24.4 Å². The van der Waals surface area contributed by atoms with Gasteiger partial charge in [-0.05, 0) is 71.1 Å². The molecule has 0 amide bonds. The van der Waals surface area contributed by atoms with Crippen molar-refractivity contribution in [2.45, 2.75) is 111 Å². The van der Waals surface area contributed by atoms with E-state index >= 15 is 0 Å². The molecule has 3 N–H and O–H groups in total. The maximum atomic E-state index is 12.5. The Labute approximate surface area is 241 Å². The first-order chi connectivity index (χ1) is 19.1. The molecule has 0 aliphatic carbocycles. The van der Waals surface area contributed by atoms with Crippen LogP contribution < -0.4 is 15.2 Å². The molecule has 1 rings (SSSR count). The highest BCUT2D eigenvalue weighted by Crippen LogP contribution is 2.36. The minimum atomic E-state index is -1.43. The Hall–Kier alpha value is -3.54. The Morgan fingerprint density at radius 3 is 1.83 bits per heavy atom. The minimum Gasteiger partial charge on any atom is -0.480 e. The molecule has 0 spiro atoms. The van der Waals surface area contributed by atoms with Gasteiger partial charge in [-0.1, -0.05) is 39.7 Å². The maximum Gasteiger partial charge on any atom is 0.514 e. The van der Waals surface area contributed by atoms with Crippen LogP contribution in [0.1, 0.15) is 92.6 Å². The van der Waals surface area contributed by atoms with Crippen molar-refractivity contribution in [1.82, 2.24) is 0 Å². The molecule has 0 aliphatic heterocycles. The van der Waals surface area contributed by atoms with Gasteiger partial charge in [0.25, 0.3) is 0 Å². The van der Waals surface area contributed by atoms with Crippen LogP contribution in [0.4, 0.5) is 14.4 Å². The molecule has 0 bridgehead atoms. The summed E-state index contributed by atoms with van der Waals surface area (Å²) in [5, 5.41) is 9.71. The molecule has 0 radical (unpaired) electrons. The van der Waals surface area contributed by atoms with Gasteiger partial charge < -0.3 is 39.3 Å². The van der Waals surface area contributed by atoms with Crippen LogP contribution in [0.25, 0.3) is 0 Å². The van der Waals surface area contributed by atoms with Crippen LogP contribution in [-0.4, -0.2) is 60.0 Å². The number of benzene rings is 1. The summed E-state index contributed by atoms with van der Waals surface area (Å²) in [4.78, 5) is 48.9. The summed E-state index contributed by atoms with van der Waals surface area (Å²) in [7, 11) is 0. The van der Waals surface area contributed by atoms with Crippen LogP contribution in [0, 0.1) is 5.92 Å². The van der Waals surface area contributed by atoms with Crippen molar-refractivity contribution in [3.8, 4) is 11.5 Å². The standard InChI is InChI=1S/C29H45NO11/c1-9-11-18(4)37-27(34)39-21-14-13-20(15-22(21)40-28(35)38-19(5)12-10-2)23(24(30)25(31)32)17(3)16-36-26(33)41-29(6,7)8/h13-15,17-19,23-24H,9-12,16,30H2,1-8H3,(H,31,32)/t17?,18?,19?,23?,24-/m0/s1. The lowest BCUT2D eigenvalue weighted by molar-refractivity contribution is -0.139. The smallest absolute Gasteiger partial charge is 0.480 e. The van der Waals surface area contributed by atoms with Crippen molar-refractivity contribution in [3.63, 3.8) is 0 Å². The molecule has 5 atom stereocenters. The highest BCUT2D eigenvalue weighted by atomic mass is 16.8. The van der Waals surface area contributed by atoms with Crippen LogP contribution in [0.15, 0.2) is 18.2 Å². The summed E-state index contributed by atoms with van der Waals surface area (Å²) < 4.78 is 31.6. The molecular formula is C29H45NO11. The summed E-state index contributed by atoms with van der Waals surface area (Å²) in [6.45, 7) is 13.8. The van der Waals surface area contributed by atoms with Gasteiger partial charge in [-0.3, -0.25) is 4.79 Å². The Morgan fingerprint density at radius 1 is 0.854 bits per heavy atom. The zero-order valence-electron chi connectivity index (χ0n) is 25.3. The van der Waals surface area contributed by atoms with Crippen LogP contribution in [0.3, 0.4) is 0 Å². The fraction of sp³-hybridized carbons (Fsp3) is 0.655. The van der Waals surface area contributed by atoms with Gasteiger partial charge in [-0.25, -0.2) is 14.4 Å². The van der Waals surface area contributed by atoms with E-state index in [0.29, 0.717) is 18.4 Å².